The Labute approximate surface area is 161 Å². The molecule has 0 N–H and O–H groups in total. The van der Waals surface area contributed by atoms with Crippen molar-refractivity contribution in [3.63, 3.8) is 0 Å². The SMILES string of the molecule is Brc1ccccc1.c1ccc(-n2c3ccccc3c3ccccc32)cc1. The number of hydrogen-bond donors (Lipinski definition) is 0. The number of nitrogens with zero attached hydrogens (tertiary/aromatic N) is 1. The smallest absolute Gasteiger partial charge is 0.0541 e. The van der Waals surface area contributed by atoms with Gasteiger partial charge in [-0.05, 0) is 36.4 Å². The first-order valence-electron chi connectivity index (χ1n) is 8.59. The van der Waals surface area contributed by atoms with E-state index in [1.54, 1.807) is 0 Å². The molecule has 1 aromatic heterocycles. The highest BCUT2D eigenvalue weighted by atomic mass is 79.9. The second-order valence-corrected chi connectivity index (χ2v) is 6.92. The summed E-state index contributed by atoms with van der Waals surface area (Å²) in [4.78, 5) is 0. The maximum atomic E-state index is 3.31. The molecule has 0 amide bonds. The van der Waals surface area contributed by atoms with Gasteiger partial charge in [-0.3, -0.25) is 0 Å². The lowest BCUT2D eigenvalue weighted by atomic mass is 10.2. The highest BCUT2D eigenvalue weighted by Crippen LogP contribution is 2.31. The summed E-state index contributed by atoms with van der Waals surface area (Å²) in [5.74, 6) is 0. The van der Waals surface area contributed by atoms with Crippen molar-refractivity contribution in [3.05, 3.63) is 114 Å². The molecule has 4 aromatic carbocycles. The quantitative estimate of drug-likeness (QED) is 0.280. The summed E-state index contributed by atoms with van der Waals surface area (Å²) in [7, 11) is 0. The van der Waals surface area contributed by atoms with Crippen LogP contribution in [-0.4, -0.2) is 4.57 Å². The Morgan fingerprint density at radius 1 is 0.462 bits per heavy atom. The number of rotatable bonds is 1. The van der Waals surface area contributed by atoms with Gasteiger partial charge in [-0.25, -0.2) is 0 Å². The number of halogens is 1. The average molecular weight is 400 g/mol. The molecule has 0 atom stereocenters. The molecule has 126 valence electrons. The van der Waals surface area contributed by atoms with E-state index in [1.807, 2.05) is 30.3 Å². The number of aromatic nitrogens is 1. The van der Waals surface area contributed by atoms with Gasteiger partial charge < -0.3 is 4.57 Å². The van der Waals surface area contributed by atoms with E-state index in [0.29, 0.717) is 0 Å². The van der Waals surface area contributed by atoms with Crippen molar-refractivity contribution < 1.29 is 0 Å². The first-order chi connectivity index (χ1) is 12.8. The molecular weight excluding hydrogens is 382 g/mol. The molecule has 2 heteroatoms. The minimum absolute atomic E-state index is 1.13. The minimum atomic E-state index is 1.13. The standard InChI is InChI=1S/C18H13N.C6H5Br/c1-2-8-14(9-3-1)19-17-12-6-4-10-15(17)16-11-5-7-13-18(16)19;7-6-4-2-1-3-5-6/h1-13H;1-5H. The number of hydrogen-bond acceptors (Lipinski definition) is 0. The van der Waals surface area contributed by atoms with Gasteiger partial charge in [-0.2, -0.15) is 0 Å². The van der Waals surface area contributed by atoms with E-state index >= 15 is 0 Å². The van der Waals surface area contributed by atoms with Crippen LogP contribution < -0.4 is 0 Å². The van der Waals surface area contributed by atoms with Crippen molar-refractivity contribution in [1.82, 2.24) is 4.57 Å². The molecule has 1 heterocycles. The lowest BCUT2D eigenvalue weighted by molar-refractivity contribution is 1.18. The van der Waals surface area contributed by atoms with Gasteiger partial charge in [0.05, 0.1) is 11.0 Å². The molecule has 0 spiro atoms. The van der Waals surface area contributed by atoms with Crippen molar-refractivity contribution in [3.8, 4) is 5.69 Å². The van der Waals surface area contributed by atoms with Crippen LogP contribution in [0.4, 0.5) is 0 Å². The first kappa shape index (κ1) is 16.6. The number of benzene rings is 4. The van der Waals surface area contributed by atoms with E-state index in [1.165, 1.54) is 27.5 Å². The molecule has 0 aliphatic carbocycles. The Balaban J connectivity index is 0.000000204. The molecule has 26 heavy (non-hydrogen) atoms. The van der Waals surface area contributed by atoms with Crippen LogP contribution in [-0.2, 0) is 0 Å². The lowest BCUT2D eigenvalue weighted by Crippen LogP contribution is -1.92. The van der Waals surface area contributed by atoms with Crippen molar-refractivity contribution >= 4 is 37.7 Å². The van der Waals surface area contributed by atoms with Gasteiger partial charge in [-0.15, -0.1) is 0 Å². The van der Waals surface area contributed by atoms with Gasteiger partial charge in [0.15, 0.2) is 0 Å². The molecule has 0 fully saturated rings. The average Bonchev–Trinajstić information content (AvgIpc) is 3.04. The van der Waals surface area contributed by atoms with Crippen LogP contribution in [0.5, 0.6) is 0 Å². The summed E-state index contributed by atoms with van der Waals surface area (Å²) in [6, 6.07) is 37.6. The normalized spacial score (nSPS) is 10.5. The van der Waals surface area contributed by atoms with Gasteiger partial charge in [0.2, 0.25) is 0 Å². The molecule has 0 radical (unpaired) electrons. The molecule has 0 aliphatic rings. The number of para-hydroxylation sites is 3. The predicted molar refractivity (Wildman–Crippen MR) is 115 cm³/mol. The summed E-state index contributed by atoms with van der Waals surface area (Å²) < 4.78 is 3.46. The maximum Gasteiger partial charge on any atom is 0.0541 e. The topological polar surface area (TPSA) is 4.93 Å². The summed E-state index contributed by atoms with van der Waals surface area (Å²) in [6.07, 6.45) is 0. The zero-order chi connectivity index (χ0) is 17.8. The van der Waals surface area contributed by atoms with Crippen LogP contribution in [0.1, 0.15) is 0 Å². The van der Waals surface area contributed by atoms with Crippen molar-refractivity contribution in [2.45, 2.75) is 0 Å². The van der Waals surface area contributed by atoms with Crippen molar-refractivity contribution in [1.29, 1.82) is 0 Å². The fourth-order valence-electron chi connectivity index (χ4n) is 3.19. The minimum Gasteiger partial charge on any atom is -0.309 e. The third-order valence-electron chi connectivity index (χ3n) is 4.33. The lowest BCUT2D eigenvalue weighted by Gasteiger charge is -2.06. The molecular formula is C24H18BrN. The van der Waals surface area contributed by atoms with E-state index in [2.05, 4.69) is 99.4 Å². The summed E-state index contributed by atoms with van der Waals surface area (Å²) >= 11 is 3.31. The first-order valence-corrected chi connectivity index (χ1v) is 9.38. The maximum absolute atomic E-state index is 3.31. The Kier molecular flexibility index (Phi) is 4.85. The zero-order valence-electron chi connectivity index (χ0n) is 14.2. The molecule has 0 bridgehead atoms. The van der Waals surface area contributed by atoms with Gasteiger partial charge in [-0.1, -0.05) is 88.7 Å². The van der Waals surface area contributed by atoms with Crippen LogP contribution in [0.3, 0.4) is 0 Å². The highest BCUT2D eigenvalue weighted by Gasteiger charge is 2.10. The molecule has 5 rings (SSSR count). The molecule has 0 saturated heterocycles. The van der Waals surface area contributed by atoms with Gasteiger partial charge >= 0.3 is 0 Å². The molecule has 1 nitrogen and oxygen atoms in total. The second-order valence-electron chi connectivity index (χ2n) is 6.00. The van der Waals surface area contributed by atoms with Crippen LogP contribution >= 0.6 is 15.9 Å². The highest BCUT2D eigenvalue weighted by molar-refractivity contribution is 9.10. The summed E-state index contributed by atoms with van der Waals surface area (Å²) in [6.45, 7) is 0. The summed E-state index contributed by atoms with van der Waals surface area (Å²) in [5.41, 5.74) is 3.73. The van der Waals surface area contributed by atoms with E-state index in [-0.39, 0.29) is 0 Å². The molecule has 0 unspecified atom stereocenters. The zero-order valence-corrected chi connectivity index (χ0v) is 15.8. The van der Waals surface area contributed by atoms with Gasteiger partial charge in [0.1, 0.15) is 0 Å². The van der Waals surface area contributed by atoms with Crippen LogP contribution in [0, 0.1) is 0 Å². The molecule has 0 saturated carbocycles. The van der Waals surface area contributed by atoms with Crippen molar-refractivity contribution in [2.75, 3.05) is 0 Å². The third kappa shape index (κ3) is 3.29. The van der Waals surface area contributed by atoms with E-state index in [0.717, 1.165) is 4.47 Å². The number of fused-ring (bicyclic) bond motifs is 3. The van der Waals surface area contributed by atoms with Crippen LogP contribution in [0.2, 0.25) is 0 Å². The molecule has 5 aromatic rings. The Morgan fingerprint density at radius 2 is 0.885 bits per heavy atom. The third-order valence-corrected chi connectivity index (χ3v) is 4.86. The predicted octanol–water partition coefficient (Wildman–Crippen LogP) is 7.23. The Morgan fingerprint density at radius 3 is 1.35 bits per heavy atom. The van der Waals surface area contributed by atoms with Crippen LogP contribution in [0.25, 0.3) is 27.5 Å². The second kappa shape index (κ2) is 7.59. The van der Waals surface area contributed by atoms with E-state index < -0.39 is 0 Å². The van der Waals surface area contributed by atoms with E-state index in [9.17, 15) is 0 Å². The fourth-order valence-corrected chi connectivity index (χ4v) is 3.50. The van der Waals surface area contributed by atoms with E-state index in [4.69, 9.17) is 0 Å². The van der Waals surface area contributed by atoms with Gasteiger partial charge in [0, 0.05) is 20.9 Å². The fraction of sp³-hybridized carbons (Fsp3) is 0. The van der Waals surface area contributed by atoms with Crippen molar-refractivity contribution in [2.24, 2.45) is 0 Å². The largest absolute Gasteiger partial charge is 0.309 e. The Bertz CT molecular complexity index is 1070. The summed E-state index contributed by atoms with van der Waals surface area (Å²) in [5, 5.41) is 2.61. The monoisotopic (exact) mass is 399 g/mol. The Hall–Kier alpha value is -2.84. The molecule has 0 aliphatic heterocycles. The van der Waals surface area contributed by atoms with Crippen LogP contribution in [0.15, 0.2) is 114 Å². The van der Waals surface area contributed by atoms with Gasteiger partial charge in [0.25, 0.3) is 0 Å².